The number of ether oxygens (including phenoxy) is 2. The van der Waals surface area contributed by atoms with E-state index in [-0.39, 0.29) is 12.7 Å². The monoisotopic (exact) mass is 400 g/mol. The van der Waals surface area contributed by atoms with Crippen molar-refractivity contribution < 1.29 is 14.3 Å². The molecule has 0 spiro atoms. The van der Waals surface area contributed by atoms with Crippen LogP contribution in [0.5, 0.6) is 11.5 Å². The van der Waals surface area contributed by atoms with Gasteiger partial charge in [-0.25, -0.2) is 9.67 Å². The maximum atomic E-state index is 12.9. The smallest absolute Gasteiger partial charge is 0.255 e. The molecular weight excluding hydrogens is 380 g/mol. The van der Waals surface area contributed by atoms with Crippen molar-refractivity contribution in [2.24, 2.45) is 0 Å². The van der Waals surface area contributed by atoms with Crippen LogP contribution in [-0.4, -0.2) is 39.4 Å². The first kappa shape index (κ1) is 18.2. The second kappa shape index (κ2) is 7.51. The van der Waals surface area contributed by atoms with Crippen molar-refractivity contribution in [1.29, 1.82) is 0 Å². The van der Waals surface area contributed by atoms with Gasteiger partial charge >= 0.3 is 0 Å². The molecule has 0 bridgehead atoms. The highest BCUT2D eigenvalue weighted by molar-refractivity contribution is 5.96. The van der Waals surface area contributed by atoms with E-state index in [4.69, 9.17) is 9.47 Å². The second-order valence-electron chi connectivity index (χ2n) is 7.27. The molecule has 5 rings (SSSR count). The minimum absolute atomic E-state index is 0.0992. The SMILES string of the molecule is CN(Cc1ccc2c(c1)OCO2)C(=O)c1cnc2c(cnn2Cc2ccccc2)c1. The van der Waals surface area contributed by atoms with E-state index >= 15 is 0 Å². The number of hydrogen-bond acceptors (Lipinski definition) is 5. The third-order valence-electron chi connectivity index (χ3n) is 5.10. The van der Waals surface area contributed by atoms with Gasteiger partial charge in [0.05, 0.1) is 18.3 Å². The Morgan fingerprint density at radius 1 is 1.03 bits per heavy atom. The number of carbonyl (C=O) groups excluding carboxylic acids is 1. The normalized spacial score (nSPS) is 12.3. The summed E-state index contributed by atoms with van der Waals surface area (Å²) in [4.78, 5) is 19.1. The van der Waals surface area contributed by atoms with Gasteiger partial charge in [-0.2, -0.15) is 5.10 Å². The molecule has 30 heavy (non-hydrogen) atoms. The van der Waals surface area contributed by atoms with Gasteiger partial charge in [-0.05, 0) is 29.3 Å². The van der Waals surface area contributed by atoms with E-state index < -0.39 is 0 Å². The topological polar surface area (TPSA) is 69.5 Å². The number of aromatic nitrogens is 3. The number of rotatable bonds is 5. The maximum Gasteiger partial charge on any atom is 0.255 e. The van der Waals surface area contributed by atoms with Crippen LogP contribution in [0, 0.1) is 0 Å². The summed E-state index contributed by atoms with van der Waals surface area (Å²) in [6, 6.07) is 17.6. The molecule has 7 heteroatoms. The molecule has 1 aliphatic rings. The molecule has 1 aliphatic heterocycles. The lowest BCUT2D eigenvalue weighted by Crippen LogP contribution is -2.26. The fourth-order valence-electron chi connectivity index (χ4n) is 3.57. The molecule has 1 amide bonds. The largest absolute Gasteiger partial charge is 0.454 e. The summed E-state index contributed by atoms with van der Waals surface area (Å²) in [5, 5.41) is 5.28. The Bertz CT molecular complexity index is 1220. The van der Waals surface area contributed by atoms with Gasteiger partial charge in [0.15, 0.2) is 17.1 Å². The highest BCUT2D eigenvalue weighted by Gasteiger charge is 2.17. The summed E-state index contributed by atoms with van der Waals surface area (Å²) >= 11 is 0. The zero-order valence-electron chi connectivity index (χ0n) is 16.5. The third kappa shape index (κ3) is 3.45. The average molecular weight is 400 g/mol. The summed E-state index contributed by atoms with van der Waals surface area (Å²) in [5.41, 5.74) is 3.41. The van der Waals surface area contributed by atoms with Gasteiger partial charge in [0.25, 0.3) is 5.91 Å². The molecule has 0 saturated heterocycles. The Morgan fingerprint density at radius 2 is 1.87 bits per heavy atom. The van der Waals surface area contributed by atoms with Gasteiger partial charge in [-0.15, -0.1) is 0 Å². The first-order valence-electron chi connectivity index (χ1n) is 9.67. The number of benzene rings is 2. The van der Waals surface area contributed by atoms with E-state index in [0.717, 1.165) is 27.9 Å². The van der Waals surface area contributed by atoms with Crippen LogP contribution in [0.25, 0.3) is 11.0 Å². The first-order valence-corrected chi connectivity index (χ1v) is 9.67. The van der Waals surface area contributed by atoms with Crippen molar-refractivity contribution >= 4 is 16.9 Å². The van der Waals surface area contributed by atoms with E-state index in [0.29, 0.717) is 24.4 Å². The Kier molecular flexibility index (Phi) is 4.55. The molecule has 2 aromatic carbocycles. The number of amides is 1. The van der Waals surface area contributed by atoms with Gasteiger partial charge in [0.1, 0.15) is 0 Å². The summed E-state index contributed by atoms with van der Waals surface area (Å²) in [6.07, 6.45) is 3.36. The lowest BCUT2D eigenvalue weighted by atomic mass is 10.1. The Hall–Kier alpha value is -3.87. The van der Waals surface area contributed by atoms with Gasteiger partial charge in [0, 0.05) is 25.2 Å². The number of fused-ring (bicyclic) bond motifs is 2. The first-order chi connectivity index (χ1) is 14.7. The van der Waals surface area contributed by atoms with Crippen LogP contribution in [0.2, 0.25) is 0 Å². The van der Waals surface area contributed by atoms with Crippen molar-refractivity contribution in [3.63, 3.8) is 0 Å². The van der Waals surface area contributed by atoms with E-state index in [1.807, 2.05) is 47.1 Å². The van der Waals surface area contributed by atoms with E-state index in [1.165, 1.54) is 0 Å². The molecule has 0 unspecified atom stereocenters. The predicted molar refractivity (Wildman–Crippen MR) is 111 cm³/mol. The zero-order chi connectivity index (χ0) is 20.5. The fraction of sp³-hybridized carbons (Fsp3) is 0.174. The van der Waals surface area contributed by atoms with Crippen molar-refractivity contribution in [2.75, 3.05) is 13.8 Å². The molecule has 150 valence electrons. The number of pyridine rings is 1. The van der Waals surface area contributed by atoms with E-state index in [9.17, 15) is 4.79 Å². The molecule has 0 radical (unpaired) electrons. The summed E-state index contributed by atoms with van der Waals surface area (Å²) in [6.45, 7) is 1.33. The molecule has 0 saturated carbocycles. The van der Waals surface area contributed by atoms with Crippen LogP contribution in [0.3, 0.4) is 0 Å². The van der Waals surface area contributed by atoms with Crippen molar-refractivity contribution in [1.82, 2.24) is 19.7 Å². The van der Waals surface area contributed by atoms with Crippen molar-refractivity contribution in [3.8, 4) is 11.5 Å². The Labute approximate surface area is 173 Å². The minimum atomic E-state index is -0.0992. The average Bonchev–Trinajstić information content (AvgIpc) is 3.40. The standard InChI is InChI=1S/C23H20N4O3/c1-26(13-17-7-8-20-21(9-17)30-15-29-20)23(28)19-10-18-12-25-27(22(18)24-11-19)14-16-5-3-2-4-6-16/h2-12H,13-15H2,1H3. The predicted octanol–water partition coefficient (Wildman–Crippen LogP) is 3.48. The van der Waals surface area contributed by atoms with Crippen LogP contribution >= 0.6 is 0 Å². The number of carbonyl (C=O) groups is 1. The lowest BCUT2D eigenvalue weighted by Gasteiger charge is -2.17. The van der Waals surface area contributed by atoms with Gasteiger partial charge < -0.3 is 14.4 Å². The Balaban J connectivity index is 1.33. The van der Waals surface area contributed by atoms with Gasteiger partial charge in [0.2, 0.25) is 6.79 Å². The van der Waals surface area contributed by atoms with Crippen molar-refractivity contribution in [2.45, 2.75) is 13.1 Å². The summed E-state index contributed by atoms with van der Waals surface area (Å²) in [7, 11) is 1.77. The van der Waals surface area contributed by atoms with Crippen LogP contribution in [0.4, 0.5) is 0 Å². The highest BCUT2D eigenvalue weighted by atomic mass is 16.7. The van der Waals surface area contributed by atoms with E-state index in [2.05, 4.69) is 22.2 Å². The fourth-order valence-corrected chi connectivity index (χ4v) is 3.57. The molecule has 0 aliphatic carbocycles. The molecule has 7 nitrogen and oxygen atoms in total. The number of hydrogen-bond donors (Lipinski definition) is 0. The maximum absolute atomic E-state index is 12.9. The quantitative estimate of drug-likeness (QED) is 0.513. The minimum Gasteiger partial charge on any atom is -0.454 e. The highest BCUT2D eigenvalue weighted by Crippen LogP contribution is 2.32. The lowest BCUT2D eigenvalue weighted by molar-refractivity contribution is 0.0784. The van der Waals surface area contributed by atoms with Crippen LogP contribution < -0.4 is 9.47 Å². The van der Waals surface area contributed by atoms with Crippen LogP contribution in [0.1, 0.15) is 21.5 Å². The van der Waals surface area contributed by atoms with Crippen molar-refractivity contribution in [3.05, 3.63) is 83.7 Å². The number of nitrogens with zero attached hydrogens (tertiary/aromatic N) is 4. The van der Waals surface area contributed by atoms with Gasteiger partial charge in [-0.3, -0.25) is 4.79 Å². The zero-order valence-corrected chi connectivity index (χ0v) is 16.5. The third-order valence-corrected chi connectivity index (χ3v) is 5.10. The molecular formula is C23H20N4O3. The molecule has 2 aromatic heterocycles. The molecule has 0 fully saturated rings. The summed E-state index contributed by atoms with van der Waals surface area (Å²) in [5.74, 6) is 1.34. The molecule has 0 N–H and O–H groups in total. The second-order valence-corrected chi connectivity index (χ2v) is 7.27. The molecule has 0 atom stereocenters. The molecule has 4 aromatic rings. The van der Waals surface area contributed by atoms with Gasteiger partial charge in [-0.1, -0.05) is 36.4 Å². The molecule has 3 heterocycles. The van der Waals surface area contributed by atoms with Crippen LogP contribution in [-0.2, 0) is 13.1 Å². The van der Waals surface area contributed by atoms with Crippen LogP contribution in [0.15, 0.2) is 67.0 Å². The Morgan fingerprint density at radius 3 is 2.73 bits per heavy atom. The summed E-state index contributed by atoms with van der Waals surface area (Å²) < 4.78 is 12.6. The van der Waals surface area contributed by atoms with E-state index in [1.54, 1.807) is 24.3 Å².